The Morgan fingerprint density at radius 2 is 0.962 bits per heavy atom. The summed E-state index contributed by atoms with van der Waals surface area (Å²) in [4.78, 5) is 4.94. The Bertz CT molecular complexity index is 3830. The maximum atomic E-state index is 16.7. The van der Waals surface area contributed by atoms with E-state index in [4.69, 9.17) is 9.72 Å². The van der Waals surface area contributed by atoms with Gasteiger partial charge in [0.05, 0.1) is 11.0 Å². The Kier molecular flexibility index (Phi) is 14.2. The van der Waals surface area contributed by atoms with Gasteiger partial charge in [0, 0.05) is 40.2 Å². The number of imidazole rings is 1. The summed E-state index contributed by atoms with van der Waals surface area (Å²) >= 11 is 0. The van der Waals surface area contributed by atoms with Crippen LogP contribution in [0.5, 0.6) is 11.5 Å². The second-order valence-corrected chi connectivity index (χ2v) is 26.3. The van der Waals surface area contributed by atoms with E-state index in [1.807, 2.05) is 6.20 Å². The average Bonchev–Trinajstić information content (AvgIpc) is 4.01. The number of nitrogens with zero attached hydrogens (tertiary/aromatic N) is 4. The Balaban J connectivity index is 1.23. The summed E-state index contributed by atoms with van der Waals surface area (Å²) in [5, 5.41) is 2.27. The van der Waals surface area contributed by atoms with Gasteiger partial charge in [-0.2, -0.15) is 9.13 Å². The first kappa shape index (κ1) is 55.0. The van der Waals surface area contributed by atoms with E-state index in [2.05, 4.69) is 271 Å². The molecule has 0 atom stereocenters. The predicted octanol–water partition coefficient (Wildman–Crippen LogP) is 20.2. The van der Waals surface area contributed by atoms with Gasteiger partial charge < -0.3 is 4.74 Å². The average molecular weight is 1050 g/mol. The highest BCUT2D eigenvalue weighted by molar-refractivity contribution is 6.09. The first-order chi connectivity index (χ1) is 37.2. The van der Waals surface area contributed by atoms with Gasteiger partial charge in [0.15, 0.2) is 11.0 Å². The highest BCUT2D eigenvalue weighted by atomic mass is 19.1. The minimum absolute atomic E-state index is 0.0540. The van der Waals surface area contributed by atoms with E-state index in [0.29, 0.717) is 33.8 Å². The lowest BCUT2D eigenvalue weighted by Crippen LogP contribution is -2.31. The smallest absolute Gasteiger partial charge is 0.255 e. The molecule has 0 radical (unpaired) electrons. The molecule has 3 heterocycles. The van der Waals surface area contributed by atoms with Crippen LogP contribution in [0.15, 0.2) is 146 Å². The molecule has 0 N–H and O–H groups in total. The summed E-state index contributed by atoms with van der Waals surface area (Å²) in [7, 11) is 0. The van der Waals surface area contributed by atoms with E-state index in [-0.39, 0.29) is 51.6 Å². The molecule has 0 aliphatic heterocycles. The third kappa shape index (κ3) is 10.3. The van der Waals surface area contributed by atoms with Crippen molar-refractivity contribution in [2.75, 3.05) is 0 Å². The topological polar surface area (TPSA) is 35.9 Å². The van der Waals surface area contributed by atoms with Crippen molar-refractivity contribution < 1.29 is 18.1 Å². The number of fused-ring (bicyclic) bond motifs is 4. The van der Waals surface area contributed by atoms with Gasteiger partial charge >= 0.3 is 0 Å². The lowest BCUT2D eigenvalue weighted by Gasteiger charge is -2.25. The van der Waals surface area contributed by atoms with Gasteiger partial charge in [-0.1, -0.05) is 148 Å². The standard InChI is InChI=1S/C72H79F2N4O/c1-42(2)56-30-46(31-57(43(3)4)67(56)73)60-36-50(72(15,16)17)37-61(47-32-58(44(5)6)68(74)59(33-47)45(7)8)69(60)77-41-76(63-24-20-21-25-64(63)77)51-34-49(71(12,13)14)35-53(39-51)79-52-26-27-55-54-22-18-19-23-62(54)78(65(55)40-52)66-38-48(28-29-75-66)70(9,10)11/h18-45H,1-17H3/q+1. The largest absolute Gasteiger partial charge is 0.457 e. The van der Waals surface area contributed by atoms with Gasteiger partial charge in [-0.25, -0.2) is 13.8 Å². The molecule has 5 nitrogen and oxygen atoms in total. The Morgan fingerprint density at radius 3 is 1.49 bits per heavy atom. The highest BCUT2D eigenvalue weighted by Gasteiger charge is 2.31. The SMILES string of the molecule is CC(C)c1cc(-c2cc(C(C)(C)C)cc(-c3cc(C(C)C)c(F)c(C(C)C)c3)c2-[n+]2cn(-c3cc(Oc4ccc5c6ccccc6n(-c6cc(C(C)(C)C)ccn6)c5c4)cc(C(C)(C)C)c3)c3ccccc32)cc(C(C)C)c1F. The fourth-order valence-corrected chi connectivity index (χ4v) is 11.2. The van der Waals surface area contributed by atoms with Crippen LogP contribution in [0.1, 0.15) is 180 Å². The van der Waals surface area contributed by atoms with Gasteiger partial charge in [0.2, 0.25) is 0 Å². The van der Waals surface area contributed by atoms with Crippen LogP contribution in [0, 0.1) is 11.6 Å². The summed E-state index contributed by atoms with van der Waals surface area (Å²) < 4.78 is 47.2. The van der Waals surface area contributed by atoms with Crippen LogP contribution in [-0.4, -0.2) is 14.1 Å². The number of pyridine rings is 1. The van der Waals surface area contributed by atoms with Crippen molar-refractivity contribution in [3.8, 4) is 50.9 Å². The molecule has 7 aromatic carbocycles. The highest BCUT2D eigenvalue weighted by Crippen LogP contribution is 2.44. The molecular formula is C72H79F2N4O+. The fourth-order valence-electron chi connectivity index (χ4n) is 11.2. The summed E-state index contributed by atoms with van der Waals surface area (Å²) in [6, 6.07) is 47.2. The zero-order chi connectivity index (χ0) is 56.8. The summed E-state index contributed by atoms with van der Waals surface area (Å²) in [6.07, 6.45) is 4.11. The maximum absolute atomic E-state index is 16.7. The number of halogens is 2. The number of hydrogen-bond donors (Lipinski definition) is 0. The van der Waals surface area contributed by atoms with Crippen molar-refractivity contribution in [2.45, 2.75) is 158 Å². The lowest BCUT2D eigenvalue weighted by atomic mass is 9.80. The molecule has 10 aromatic rings. The van der Waals surface area contributed by atoms with E-state index in [1.54, 1.807) is 0 Å². The number of aromatic nitrogens is 4. The van der Waals surface area contributed by atoms with Gasteiger partial charge in [-0.05, 0) is 181 Å². The van der Waals surface area contributed by atoms with E-state index >= 15 is 8.78 Å². The maximum Gasteiger partial charge on any atom is 0.255 e. The third-order valence-corrected chi connectivity index (χ3v) is 16.0. The number of ether oxygens (including phenoxy) is 1. The van der Waals surface area contributed by atoms with Crippen molar-refractivity contribution in [3.63, 3.8) is 0 Å². The van der Waals surface area contributed by atoms with E-state index in [1.165, 1.54) is 5.56 Å². The fraction of sp³-hybridized carbons (Fsp3) is 0.333. The van der Waals surface area contributed by atoms with Crippen LogP contribution in [0.4, 0.5) is 8.78 Å². The minimum atomic E-state index is -0.274. The zero-order valence-electron chi connectivity index (χ0n) is 49.6. The monoisotopic (exact) mass is 1050 g/mol. The molecule has 406 valence electrons. The Hall–Kier alpha value is -7.38. The molecule has 0 amide bonds. The van der Waals surface area contributed by atoms with E-state index < -0.39 is 0 Å². The van der Waals surface area contributed by atoms with Crippen LogP contribution < -0.4 is 9.30 Å². The van der Waals surface area contributed by atoms with Crippen molar-refractivity contribution in [1.82, 2.24) is 14.1 Å². The first-order valence-electron chi connectivity index (χ1n) is 28.4. The molecule has 0 spiro atoms. The van der Waals surface area contributed by atoms with Crippen LogP contribution in [0.2, 0.25) is 0 Å². The molecule has 79 heavy (non-hydrogen) atoms. The van der Waals surface area contributed by atoms with Crippen molar-refractivity contribution in [2.24, 2.45) is 0 Å². The number of para-hydroxylation sites is 3. The molecule has 0 bridgehead atoms. The molecule has 7 heteroatoms. The molecule has 0 aliphatic rings. The van der Waals surface area contributed by atoms with Crippen LogP contribution in [0.25, 0.3) is 72.3 Å². The number of rotatable bonds is 11. The molecule has 10 rings (SSSR count). The van der Waals surface area contributed by atoms with E-state index in [9.17, 15) is 0 Å². The summed E-state index contributed by atoms with van der Waals surface area (Å²) in [6.45, 7) is 36.7. The summed E-state index contributed by atoms with van der Waals surface area (Å²) in [5.41, 5.74) is 15.4. The van der Waals surface area contributed by atoms with Crippen molar-refractivity contribution in [1.29, 1.82) is 0 Å². The predicted molar refractivity (Wildman–Crippen MR) is 327 cm³/mol. The molecular weight excluding hydrogens is 975 g/mol. The second kappa shape index (κ2) is 20.4. The molecule has 0 fully saturated rings. The van der Waals surface area contributed by atoms with Crippen LogP contribution >= 0.6 is 0 Å². The Labute approximate surface area is 468 Å². The van der Waals surface area contributed by atoms with Crippen LogP contribution in [0.3, 0.4) is 0 Å². The normalized spacial score (nSPS) is 12.7. The Morgan fingerprint density at radius 1 is 0.468 bits per heavy atom. The minimum Gasteiger partial charge on any atom is -0.457 e. The molecule has 0 unspecified atom stereocenters. The molecule has 3 aromatic heterocycles. The molecule has 0 saturated carbocycles. The van der Waals surface area contributed by atoms with Crippen molar-refractivity contribution >= 4 is 32.8 Å². The molecule has 0 saturated heterocycles. The second-order valence-electron chi connectivity index (χ2n) is 26.3. The van der Waals surface area contributed by atoms with Gasteiger partial charge in [-0.3, -0.25) is 4.57 Å². The first-order valence-corrected chi connectivity index (χ1v) is 28.4. The van der Waals surface area contributed by atoms with Gasteiger partial charge in [0.1, 0.15) is 40.3 Å². The van der Waals surface area contributed by atoms with Gasteiger partial charge in [0.25, 0.3) is 6.33 Å². The lowest BCUT2D eigenvalue weighted by molar-refractivity contribution is -0.566. The quantitative estimate of drug-likeness (QED) is 0.121. The number of hydrogen-bond acceptors (Lipinski definition) is 2. The van der Waals surface area contributed by atoms with Crippen molar-refractivity contribution in [3.05, 3.63) is 197 Å². The summed E-state index contributed by atoms with van der Waals surface area (Å²) in [5.74, 6) is 1.78. The molecule has 0 aliphatic carbocycles. The van der Waals surface area contributed by atoms with Gasteiger partial charge in [-0.15, -0.1) is 0 Å². The van der Waals surface area contributed by atoms with E-state index in [0.717, 1.165) is 83.4 Å². The number of benzene rings is 7. The third-order valence-electron chi connectivity index (χ3n) is 16.0. The van der Waals surface area contributed by atoms with Crippen LogP contribution in [-0.2, 0) is 16.2 Å². The zero-order valence-corrected chi connectivity index (χ0v) is 49.6.